The number of hydrogen-bond acceptors (Lipinski definition) is 4. The summed E-state index contributed by atoms with van der Waals surface area (Å²) >= 11 is 0. The Hall–Kier alpha value is -2.43. The molecule has 1 aliphatic heterocycles. The fourth-order valence-electron chi connectivity index (χ4n) is 3.37. The van der Waals surface area contributed by atoms with Crippen LogP contribution in [0.4, 0.5) is 0 Å². The maximum absolute atomic E-state index is 13.1. The van der Waals surface area contributed by atoms with Crippen LogP contribution in [0.2, 0.25) is 0 Å². The second-order valence-electron chi connectivity index (χ2n) is 6.78. The van der Waals surface area contributed by atoms with Gasteiger partial charge in [-0.1, -0.05) is 6.07 Å². The van der Waals surface area contributed by atoms with Crippen LogP contribution >= 0.6 is 0 Å². The Morgan fingerprint density at radius 1 is 1.04 bits per heavy atom. The van der Waals surface area contributed by atoms with Crippen molar-refractivity contribution < 1.29 is 9.53 Å². The van der Waals surface area contributed by atoms with Gasteiger partial charge in [-0.25, -0.2) is 9.97 Å². The van der Waals surface area contributed by atoms with E-state index in [9.17, 15) is 4.79 Å². The number of aryl methyl sites for hydroxylation is 2. The lowest BCUT2D eigenvalue weighted by Gasteiger charge is -2.32. The summed E-state index contributed by atoms with van der Waals surface area (Å²) < 4.78 is 5.81. The molecule has 0 radical (unpaired) electrons. The minimum Gasteiger partial charge on any atom is -0.460 e. The van der Waals surface area contributed by atoms with Crippen LogP contribution in [0.3, 0.4) is 0 Å². The van der Waals surface area contributed by atoms with Gasteiger partial charge in [0.2, 0.25) is 0 Å². The molecule has 3 rings (SSSR count). The van der Waals surface area contributed by atoms with E-state index in [1.807, 2.05) is 18.7 Å². The van der Waals surface area contributed by atoms with Crippen molar-refractivity contribution in [2.24, 2.45) is 0 Å². The number of ether oxygens (including phenoxy) is 1. The third-order valence-electron chi connectivity index (χ3n) is 5.12. The molecule has 1 amide bonds. The topological polar surface area (TPSA) is 55.3 Å². The van der Waals surface area contributed by atoms with E-state index < -0.39 is 0 Å². The number of carbonyl (C=O) groups is 1. The molecule has 132 valence electrons. The summed E-state index contributed by atoms with van der Waals surface area (Å²) in [5.74, 6) is 0.135. The van der Waals surface area contributed by atoms with Crippen LogP contribution in [-0.2, 0) is 0 Å². The van der Waals surface area contributed by atoms with Crippen molar-refractivity contribution in [3.05, 3.63) is 52.3 Å². The molecule has 0 saturated carbocycles. The van der Waals surface area contributed by atoms with Crippen LogP contribution in [0.25, 0.3) is 0 Å². The zero-order chi connectivity index (χ0) is 18.0. The number of carbonyl (C=O) groups excluding carboxylic acids is 1. The average molecular weight is 339 g/mol. The molecule has 0 spiro atoms. The first kappa shape index (κ1) is 17.4. The molecule has 2 heterocycles. The SMILES string of the molecule is Cc1cc(C)c(C)c(C(=O)N2CCC(Oc3ncccn3)CC2)c1C. The molecular weight excluding hydrogens is 314 g/mol. The summed E-state index contributed by atoms with van der Waals surface area (Å²) in [5.41, 5.74) is 5.38. The van der Waals surface area contributed by atoms with Gasteiger partial charge >= 0.3 is 6.01 Å². The molecule has 5 nitrogen and oxygen atoms in total. The predicted octanol–water partition coefficient (Wildman–Crippen LogP) is 3.39. The lowest BCUT2D eigenvalue weighted by Crippen LogP contribution is -2.42. The number of hydrogen-bond donors (Lipinski definition) is 0. The van der Waals surface area contributed by atoms with Gasteiger partial charge in [0.05, 0.1) is 0 Å². The van der Waals surface area contributed by atoms with Gasteiger partial charge in [0.1, 0.15) is 6.10 Å². The summed E-state index contributed by atoms with van der Waals surface area (Å²) in [4.78, 5) is 23.2. The Morgan fingerprint density at radius 2 is 1.60 bits per heavy atom. The number of nitrogens with zero attached hydrogens (tertiary/aromatic N) is 3. The average Bonchev–Trinajstić information content (AvgIpc) is 2.62. The van der Waals surface area contributed by atoms with Gasteiger partial charge in [0.25, 0.3) is 5.91 Å². The number of benzene rings is 1. The van der Waals surface area contributed by atoms with Gasteiger partial charge < -0.3 is 9.64 Å². The fraction of sp³-hybridized carbons (Fsp3) is 0.450. The highest BCUT2D eigenvalue weighted by atomic mass is 16.5. The molecule has 1 aromatic carbocycles. The number of aromatic nitrogens is 2. The molecule has 1 saturated heterocycles. The summed E-state index contributed by atoms with van der Waals surface area (Å²) in [6.07, 6.45) is 5.01. The van der Waals surface area contributed by atoms with E-state index in [1.165, 1.54) is 11.1 Å². The van der Waals surface area contributed by atoms with Gasteiger partial charge in [0, 0.05) is 43.9 Å². The summed E-state index contributed by atoms with van der Waals surface area (Å²) in [6, 6.07) is 4.33. The van der Waals surface area contributed by atoms with Crippen LogP contribution in [0.1, 0.15) is 45.5 Å². The van der Waals surface area contributed by atoms with Crippen LogP contribution in [0.5, 0.6) is 6.01 Å². The molecule has 2 aromatic rings. The molecule has 0 bridgehead atoms. The van der Waals surface area contributed by atoms with Crippen LogP contribution in [-0.4, -0.2) is 40.0 Å². The van der Waals surface area contributed by atoms with E-state index in [2.05, 4.69) is 29.9 Å². The largest absolute Gasteiger partial charge is 0.460 e. The molecule has 0 unspecified atom stereocenters. The van der Waals surface area contributed by atoms with Crippen molar-refractivity contribution in [3.63, 3.8) is 0 Å². The van der Waals surface area contributed by atoms with E-state index in [0.717, 1.165) is 29.5 Å². The highest BCUT2D eigenvalue weighted by molar-refractivity contribution is 5.97. The number of likely N-dealkylation sites (tertiary alicyclic amines) is 1. The summed E-state index contributed by atoms with van der Waals surface area (Å²) in [7, 11) is 0. The minimum atomic E-state index is 0.0629. The molecule has 0 atom stereocenters. The first-order valence-corrected chi connectivity index (χ1v) is 8.77. The normalized spacial score (nSPS) is 15.3. The van der Waals surface area contributed by atoms with Gasteiger partial charge in [-0.2, -0.15) is 0 Å². The van der Waals surface area contributed by atoms with Gasteiger partial charge in [0.15, 0.2) is 0 Å². The van der Waals surface area contributed by atoms with Gasteiger partial charge in [-0.15, -0.1) is 0 Å². The van der Waals surface area contributed by atoms with Crippen LogP contribution in [0.15, 0.2) is 24.5 Å². The predicted molar refractivity (Wildman–Crippen MR) is 97.0 cm³/mol. The number of amides is 1. The smallest absolute Gasteiger partial charge is 0.316 e. The van der Waals surface area contributed by atoms with Crippen molar-refractivity contribution in [1.29, 1.82) is 0 Å². The Balaban J connectivity index is 1.68. The first-order chi connectivity index (χ1) is 12.0. The maximum atomic E-state index is 13.1. The molecule has 1 aliphatic rings. The highest BCUT2D eigenvalue weighted by Crippen LogP contribution is 2.25. The quantitative estimate of drug-likeness (QED) is 0.860. The van der Waals surface area contributed by atoms with Gasteiger partial charge in [-0.05, 0) is 56.0 Å². The highest BCUT2D eigenvalue weighted by Gasteiger charge is 2.27. The second kappa shape index (κ2) is 7.21. The number of piperidine rings is 1. The summed E-state index contributed by atoms with van der Waals surface area (Å²) in [5, 5.41) is 0. The van der Waals surface area contributed by atoms with Crippen molar-refractivity contribution in [1.82, 2.24) is 14.9 Å². The minimum absolute atomic E-state index is 0.0629. The lowest BCUT2D eigenvalue weighted by molar-refractivity contribution is 0.0577. The zero-order valence-electron chi connectivity index (χ0n) is 15.4. The Kier molecular flexibility index (Phi) is 5.02. The molecular formula is C20H25N3O2. The number of rotatable bonds is 3. The third kappa shape index (κ3) is 3.65. The van der Waals surface area contributed by atoms with E-state index in [-0.39, 0.29) is 12.0 Å². The van der Waals surface area contributed by atoms with E-state index in [4.69, 9.17) is 4.74 Å². The van der Waals surface area contributed by atoms with E-state index >= 15 is 0 Å². The molecule has 1 aromatic heterocycles. The standard InChI is InChI=1S/C20H25N3O2/c1-13-12-14(2)16(4)18(15(13)3)19(24)23-10-6-17(7-11-23)25-20-21-8-5-9-22-20/h5,8-9,12,17H,6-7,10-11H2,1-4H3. The Labute approximate surface area is 149 Å². The van der Waals surface area contributed by atoms with Gasteiger partial charge in [-0.3, -0.25) is 4.79 Å². The van der Waals surface area contributed by atoms with Crippen LogP contribution < -0.4 is 4.74 Å². The van der Waals surface area contributed by atoms with Crippen molar-refractivity contribution in [2.45, 2.75) is 46.6 Å². The maximum Gasteiger partial charge on any atom is 0.316 e. The molecule has 25 heavy (non-hydrogen) atoms. The van der Waals surface area contributed by atoms with Crippen molar-refractivity contribution in [3.8, 4) is 6.01 Å². The lowest BCUT2D eigenvalue weighted by atomic mass is 9.93. The monoisotopic (exact) mass is 339 g/mol. The molecule has 0 aliphatic carbocycles. The van der Waals surface area contributed by atoms with E-state index in [0.29, 0.717) is 19.1 Å². The third-order valence-corrected chi connectivity index (χ3v) is 5.12. The summed E-state index contributed by atoms with van der Waals surface area (Å²) in [6.45, 7) is 9.61. The second-order valence-corrected chi connectivity index (χ2v) is 6.78. The van der Waals surface area contributed by atoms with Crippen molar-refractivity contribution in [2.75, 3.05) is 13.1 Å². The fourth-order valence-corrected chi connectivity index (χ4v) is 3.37. The zero-order valence-corrected chi connectivity index (χ0v) is 15.4. The molecule has 5 heteroatoms. The molecule has 1 fully saturated rings. The first-order valence-electron chi connectivity index (χ1n) is 8.77. The Bertz CT molecular complexity index is 740. The molecule has 0 N–H and O–H groups in total. The van der Waals surface area contributed by atoms with Crippen LogP contribution in [0, 0.1) is 27.7 Å². The van der Waals surface area contributed by atoms with E-state index in [1.54, 1.807) is 18.5 Å². The Morgan fingerprint density at radius 3 is 2.16 bits per heavy atom. The van der Waals surface area contributed by atoms with Crippen molar-refractivity contribution >= 4 is 5.91 Å².